The first-order chi connectivity index (χ1) is 9.67. The van der Waals surface area contributed by atoms with Crippen molar-refractivity contribution in [1.29, 1.82) is 0 Å². The van der Waals surface area contributed by atoms with Crippen LogP contribution in [0.25, 0.3) is 0 Å². The van der Waals surface area contributed by atoms with Crippen molar-refractivity contribution in [1.82, 2.24) is 0 Å². The molecular weight excluding hydrogens is 244 g/mol. The van der Waals surface area contributed by atoms with E-state index in [1.807, 2.05) is 0 Å². The van der Waals surface area contributed by atoms with Gasteiger partial charge in [-0.2, -0.15) is 0 Å². The lowest BCUT2D eigenvalue weighted by atomic mass is 9.84. The van der Waals surface area contributed by atoms with E-state index >= 15 is 0 Å². The van der Waals surface area contributed by atoms with E-state index in [2.05, 4.69) is 38.1 Å². The summed E-state index contributed by atoms with van der Waals surface area (Å²) in [7, 11) is 0. The Kier molecular flexibility index (Phi) is 5.62. The summed E-state index contributed by atoms with van der Waals surface area (Å²) in [5.41, 5.74) is 14.7. The molecule has 3 unspecified atom stereocenters. The largest absolute Gasteiger partial charge is 0.329 e. The van der Waals surface area contributed by atoms with Crippen molar-refractivity contribution in [3.05, 3.63) is 35.4 Å². The SMILES string of the molecule is CCC(c1ccc(C(C)C2CCCC2)cc1)C(N)CN. The van der Waals surface area contributed by atoms with Crippen molar-refractivity contribution in [3.8, 4) is 0 Å². The van der Waals surface area contributed by atoms with Gasteiger partial charge in [0.05, 0.1) is 0 Å². The second-order valence-electron chi connectivity index (χ2n) is 6.41. The molecule has 1 saturated carbocycles. The Balaban J connectivity index is 2.08. The summed E-state index contributed by atoms with van der Waals surface area (Å²) in [6, 6.07) is 9.22. The van der Waals surface area contributed by atoms with E-state index in [0.717, 1.165) is 12.3 Å². The first-order valence-corrected chi connectivity index (χ1v) is 8.22. The second-order valence-corrected chi connectivity index (χ2v) is 6.41. The van der Waals surface area contributed by atoms with Crippen molar-refractivity contribution in [2.75, 3.05) is 6.54 Å². The molecule has 4 N–H and O–H groups in total. The summed E-state index contributed by atoms with van der Waals surface area (Å²) in [5, 5.41) is 0. The lowest BCUT2D eigenvalue weighted by Crippen LogP contribution is -2.35. The maximum absolute atomic E-state index is 6.13. The van der Waals surface area contributed by atoms with Gasteiger partial charge in [-0.05, 0) is 48.1 Å². The molecule has 0 saturated heterocycles. The molecule has 1 aromatic carbocycles. The highest BCUT2D eigenvalue weighted by molar-refractivity contribution is 5.29. The normalized spacial score (nSPS) is 20.8. The zero-order valence-electron chi connectivity index (χ0n) is 13.0. The van der Waals surface area contributed by atoms with Crippen LogP contribution in [0, 0.1) is 5.92 Å². The predicted octanol–water partition coefficient (Wildman–Crippen LogP) is 3.76. The average Bonchev–Trinajstić information content (AvgIpc) is 3.02. The summed E-state index contributed by atoms with van der Waals surface area (Å²) in [5.74, 6) is 1.96. The summed E-state index contributed by atoms with van der Waals surface area (Å²) >= 11 is 0. The fraction of sp³-hybridized carbons (Fsp3) is 0.667. The zero-order chi connectivity index (χ0) is 14.5. The molecule has 3 atom stereocenters. The third-order valence-corrected chi connectivity index (χ3v) is 5.23. The number of benzene rings is 1. The molecule has 2 rings (SSSR count). The first-order valence-electron chi connectivity index (χ1n) is 8.22. The maximum atomic E-state index is 6.13. The minimum absolute atomic E-state index is 0.0677. The molecule has 2 nitrogen and oxygen atoms in total. The molecule has 2 heteroatoms. The standard InChI is InChI=1S/C18H30N2/c1-3-17(18(20)12-19)16-10-8-15(9-11-16)13(2)14-6-4-5-7-14/h8-11,13-14,17-18H,3-7,12,19-20H2,1-2H3. The Morgan fingerprint density at radius 3 is 2.15 bits per heavy atom. The second kappa shape index (κ2) is 7.24. The Morgan fingerprint density at radius 2 is 1.65 bits per heavy atom. The van der Waals surface area contributed by atoms with Crippen molar-refractivity contribution >= 4 is 0 Å². The van der Waals surface area contributed by atoms with E-state index in [4.69, 9.17) is 11.5 Å². The Morgan fingerprint density at radius 1 is 1.10 bits per heavy atom. The van der Waals surface area contributed by atoms with Crippen molar-refractivity contribution in [3.63, 3.8) is 0 Å². The molecule has 0 radical (unpaired) electrons. The van der Waals surface area contributed by atoms with E-state index in [1.54, 1.807) is 0 Å². The fourth-order valence-corrected chi connectivity index (χ4v) is 3.73. The number of rotatable bonds is 6. The Labute approximate surface area is 123 Å². The van der Waals surface area contributed by atoms with Gasteiger partial charge in [0.1, 0.15) is 0 Å². The summed E-state index contributed by atoms with van der Waals surface area (Å²) in [6.07, 6.45) is 6.68. The quantitative estimate of drug-likeness (QED) is 0.830. The highest BCUT2D eigenvalue weighted by Crippen LogP contribution is 2.37. The van der Waals surface area contributed by atoms with Gasteiger partial charge in [0.15, 0.2) is 0 Å². The first kappa shape index (κ1) is 15.5. The van der Waals surface area contributed by atoms with Crippen LogP contribution < -0.4 is 11.5 Å². The molecule has 0 heterocycles. The van der Waals surface area contributed by atoms with Gasteiger partial charge in [0.25, 0.3) is 0 Å². The van der Waals surface area contributed by atoms with Gasteiger partial charge >= 0.3 is 0 Å². The lowest BCUT2D eigenvalue weighted by molar-refractivity contribution is 0.460. The highest BCUT2D eigenvalue weighted by atomic mass is 14.7. The fourth-order valence-electron chi connectivity index (χ4n) is 3.73. The number of nitrogens with two attached hydrogens (primary N) is 2. The minimum Gasteiger partial charge on any atom is -0.329 e. The molecule has 0 aliphatic heterocycles. The third-order valence-electron chi connectivity index (χ3n) is 5.23. The Bertz CT molecular complexity index is 392. The van der Waals surface area contributed by atoms with E-state index in [-0.39, 0.29) is 6.04 Å². The van der Waals surface area contributed by atoms with Crippen molar-refractivity contribution in [2.45, 2.75) is 63.8 Å². The molecule has 0 bridgehead atoms. The molecular formula is C18H30N2. The number of hydrogen-bond acceptors (Lipinski definition) is 2. The molecule has 1 aliphatic rings. The lowest BCUT2D eigenvalue weighted by Gasteiger charge is -2.23. The monoisotopic (exact) mass is 274 g/mol. The van der Waals surface area contributed by atoms with Crippen molar-refractivity contribution < 1.29 is 0 Å². The van der Waals surface area contributed by atoms with Crippen LogP contribution in [0.4, 0.5) is 0 Å². The van der Waals surface area contributed by atoms with Crippen LogP contribution in [-0.4, -0.2) is 12.6 Å². The smallest absolute Gasteiger partial charge is 0.0232 e. The van der Waals surface area contributed by atoms with Crippen LogP contribution in [0.15, 0.2) is 24.3 Å². The van der Waals surface area contributed by atoms with E-state index in [1.165, 1.54) is 36.8 Å². The summed E-state index contributed by atoms with van der Waals surface area (Å²) < 4.78 is 0. The van der Waals surface area contributed by atoms with E-state index in [9.17, 15) is 0 Å². The van der Waals surface area contributed by atoms with E-state index < -0.39 is 0 Å². The molecule has 1 aromatic rings. The zero-order valence-corrected chi connectivity index (χ0v) is 13.0. The predicted molar refractivity (Wildman–Crippen MR) is 86.9 cm³/mol. The van der Waals surface area contributed by atoms with Gasteiger partial charge in [0.2, 0.25) is 0 Å². The van der Waals surface area contributed by atoms with Crippen molar-refractivity contribution in [2.24, 2.45) is 17.4 Å². The van der Waals surface area contributed by atoms with Crippen LogP contribution in [0.3, 0.4) is 0 Å². The van der Waals surface area contributed by atoms with Gasteiger partial charge in [-0.1, -0.05) is 51.0 Å². The van der Waals surface area contributed by atoms with Gasteiger partial charge < -0.3 is 11.5 Å². The van der Waals surface area contributed by atoms with Gasteiger partial charge in [-0.25, -0.2) is 0 Å². The maximum Gasteiger partial charge on any atom is 0.0232 e. The molecule has 0 spiro atoms. The Hall–Kier alpha value is -0.860. The number of hydrogen-bond donors (Lipinski definition) is 2. The summed E-state index contributed by atoms with van der Waals surface area (Å²) in [4.78, 5) is 0. The summed E-state index contributed by atoms with van der Waals surface area (Å²) in [6.45, 7) is 5.13. The van der Waals surface area contributed by atoms with Gasteiger partial charge in [0, 0.05) is 12.6 Å². The molecule has 0 aromatic heterocycles. The van der Waals surface area contributed by atoms with Crippen LogP contribution >= 0.6 is 0 Å². The molecule has 0 amide bonds. The van der Waals surface area contributed by atoms with Crippen LogP contribution in [-0.2, 0) is 0 Å². The third kappa shape index (κ3) is 3.42. The van der Waals surface area contributed by atoms with Crippen LogP contribution in [0.5, 0.6) is 0 Å². The highest BCUT2D eigenvalue weighted by Gasteiger charge is 2.23. The van der Waals surface area contributed by atoms with E-state index in [0.29, 0.717) is 18.4 Å². The molecule has 1 aliphatic carbocycles. The van der Waals surface area contributed by atoms with Crippen LogP contribution in [0.1, 0.15) is 68.9 Å². The molecule has 20 heavy (non-hydrogen) atoms. The molecule has 112 valence electrons. The van der Waals surface area contributed by atoms with Crippen LogP contribution in [0.2, 0.25) is 0 Å². The molecule has 1 fully saturated rings. The minimum atomic E-state index is 0.0677. The topological polar surface area (TPSA) is 52.0 Å². The average molecular weight is 274 g/mol. The van der Waals surface area contributed by atoms with Gasteiger partial charge in [-0.15, -0.1) is 0 Å². The van der Waals surface area contributed by atoms with Gasteiger partial charge in [-0.3, -0.25) is 0 Å².